The fourth-order valence-electron chi connectivity index (χ4n) is 2.64. The van der Waals surface area contributed by atoms with Gasteiger partial charge in [-0.25, -0.2) is 13.2 Å². The molecular formula is C15H15NO4S2. The molecule has 1 aromatic heterocycles. The van der Waals surface area contributed by atoms with Crippen LogP contribution < -0.4 is 4.72 Å². The molecule has 0 bridgehead atoms. The molecule has 0 radical (unpaired) electrons. The summed E-state index contributed by atoms with van der Waals surface area (Å²) in [5.74, 6) is -1.13. The van der Waals surface area contributed by atoms with Crippen molar-refractivity contribution in [2.75, 3.05) is 4.72 Å². The number of carboxylic acid groups (broad SMARTS) is 1. The second kappa shape index (κ2) is 5.73. The van der Waals surface area contributed by atoms with Crippen LogP contribution in [0.4, 0.5) is 5.69 Å². The molecule has 22 heavy (non-hydrogen) atoms. The Morgan fingerprint density at radius 2 is 2.00 bits per heavy atom. The van der Waals surface area contributed by atoms with Gasteiger partial charge in [0.05, 0.1) is 11.3 Å². The Balaban J connectivity index is 1.93. The van der Waals surface area contributed by atoms with E-state index < -0.39 is 16.0 Å². The minimum atomic E-state index is -3.75. The van der Waals surface area contributed by atoms with Gasteiger partial charge in [0.15, 0.2) is 0 Å². The van der Waals surface area contributed by atoms with Gasteiger partial charge in [0.2, 0.25) is 0 Å². The van der Waals surface area contributed by atoms with Gasteiger partial charge in [-0.1, -0.05) is 12.1 Å². The van der Waals surface area contributed by atoms with Crippen LogP contribution in [0.25, 0.3) is 0 Å². The van der Waals surface area contributed by atoms with E-state index in [0.29, 0.717) is 5.69 Å². The molecule has 0 amide bonds. The first-order chi connectivity index (χ1) is 10.5. The third-order valence-corrected chi connectivity index (χ3v) is 6.53. The molecule has 1 aliphatic carbocycles. The fraction of sp³-hybridized carbons (Fsp3) is 0.267. The summed E-state index contributed by atoms with van der Waals surface area (Å²) in [5.41, 5.74) is 2.82. The molecule has 7 heteroatoms. The van der Waals surface area contributed by atoms with Gasteiger partial charge in [-0.2, -0.15) is 0 Å². The van der Waals surface area contributed by atoms with Gasteiger partial charge in [-0.05, 0) is 48.9 Å². The average Bonchev–Trinajstić information content (AvgIpc) is 2.98. The van der Waals surface area contributed by atoms with Crippen molar-refractivity contribution in [2.45, 2.75) is 29.9 Å². The lowest BCUT2D eigenvalue weighted by Crippen LogP contribution is -2.15. The lowest BCUT2D eigenvalue weighted by Gasteiger charge is -2.19. The van der Waals surface area contributed by atoms with E-state index in [4.69, 9.17) is 5.11 Å². The van der Waals surface area contributed by atoms with E-state index in [1.165, 1.54) is 17.0 Å². The van der Waals surface area contributed by atoms with Crippen molar-refractivity contribution in [2.24, 2.45) is 0 Å². The van der Waals surface area contributed by atoms with Crippen molar-refractivity contribution in [3.8, 4) is 0 Å². The molecule has 0 aliphatic heterocycles. The van der Waals surface area contributed by atoms with E-state index in [0.717, 1.165) is 42.6 Å². The largest absolute Gasteiger partial charge is 0.478 e. The fourth-order valence-corrected chi connectivity index (χ4v) is 4.89. The number of carbonyl (C=O) groups is 1. The number of carboxylic acids is 1. The van der Waals surface area contributed by atoms with Gasteiger partial charge in [-0.15, -0.1) is 11.3 Å². The molecule has 0 unspecified atom stereocenters. The second-order valence-corrected chi connectivity index (χ2v) is 8.04. The van der Waals surface area contributed by atoms with E-state index in [1.54, 1.807) is 6.07 Å². The number of anilines is 1. The molecule has 2 N–H and O–H groups in total. The smallest absolute Gasteiger partial charge is 0.336 e. The van der Waals surface area contributed by atoms with Crippen LogP contribution in [0.2, 0.25) is 0 Å². The standard InChI is InChI=1S/C15H15NO4S2/c17-15(18)11-8-14(21-9-11)22(19,20)16-13-7-3-5-10-4-1-2-6-12(10)13/h3,5,7-9,16H,1-2,4,6H2,(H,17,18). The van der Waals surface area contributed by atoms with Crippen LogP contribution in [0, 0.1) is 0 Å². The van der Waals surface area contributed by atoms with Gasteiger partial charge in [0.1, 0.15) is 4.21 Å². The Labute approximate surface area is 132 Å². The lowest BCUT2D eigenvalue weighted by atomic mass is 9.91. The maximum atomic E-state index is 12.4. The number of benzene rings is 1. The summed E-state index contributed by atoms with van der Waals surface area (Å²) >= 11 is 0.910. The predicted octanol–water partition coefficient (Wildman–Crippen LogP) is 3.13. The van der Waals surface area contributed by atoms with Gasteiger partial charge >= 0.3 is 5.97 Å². The molecule has 1 heterocycles. The van der Waals surface area contributed by atoms with Crippen molar-refractivity contribution in [3.63, 3.8) is 0 Å². The monoisotopic (exact) mass is 337 g/mol. The van der Waals surface area contributed by atoms with Crippen LogP contribution >= 0.6 is 11.3 Å². The lowest BCUT2D eigenvalue weighted by molar-refractivity contribution is 0.0697. The van der Waals surface area contributed by atoms with Gasteiger partial charge in [-0.3, -0.25) is 4.72 Å². The molecular weight excluding hydrogens is 322 g/mol. The Bertz CT molecular complexity index is 824. The summed E-state index contributed by atoms with van der Waals surface area (Å²) in [7, 11) is -3.75. The topological polar surface area (TPSA) is 83.5 Å². The molecule has 5 nitrogen and oxygen atoms in total. The van der Waals surface area contributed by atoms with Gasteiger partial charge in [0, 0.05) is 5.38 Å². The van der Waals surface area contributed by atoms with Crippen LogP contribution in [0.1, 0.15) is 34.3 Å². The molecule has 0 saturated carbocycles. The number of fused-ring (bicyclic) bond motifs is 1. The summed E-state index contributed by atoms with van der Waals surface area (Å²) in [5, 5.41) is 10.2. The van der Waals surface area contributed by atoms with Crippen molar-refractivity contribution in [1.29, 1.82) is 0 Å². The Hall–Kier alpha value is -1.86. The van der Waals surface area contributed by atoms with Crippen LogP contribution in [0.15, 0.2) is 33.9 Å². The number of aryl methyl sites for hydroxylation is 1. The Morgan fingerprint density at radius 1 is 1.23 bits per heavy atom. The van der Waals surface area contributed by atoms with Crippen molar-refractivity contribution >= 4 is 33.0 Å². The molecule has 0 atom stereocenters. The third kappa shape index (κ3) is 2.86. The number of rotatable bonds is 4. The molecule has 0 fully saturated rings. The molecule has 0 spiro atoms. The number of sulfonamides is 1. The maximum absolute atomic E-state index is 12.4. The molecule has 1 aromatic carbocycles. The van der Waals surface area contributed by atoms with Gasteiger partial charge in [0.25, 0.3) is 10.0 Å². The van der Waals surface area contributed by atoms with E-state index in [-0.39, 0.29) is 9.77 Å². The molecule has 1 aliphatic rings. The Morgan fingerprint density at radius 3 is 2.73 bits per heavy atom. The van der Waals surface area contributed by atoms with Crippen molar-refractivity contribution in [1.82, 2.24) is 0 Å². The van der Waals surface area contributed by atoms with Crippen LogP contribution in [-0.2, 0) is 22.9 Å². The average molecular weight is 337 g/mol. The molecule has 116 valence electrons. The second-order valence-electron chi connectivity index (χ2n) is 5.22. The maximum Gasteiger partial charge on any atom is 0.336 e. The first kappa shape index (κ1) is 15.1. The van der Waals surface area contributed by atoms with Crippen LogP contribution in [-0.4, -0.2) is 19.5 Å². The molecule has 3 rings (SSSR count). The number of nitrogens with one attached hydrogen (secondary N) is 1. The third-order valence-electron chi connectivity index (χ3n) is 3.73. The number of aromatic carboxylic acids is 1. The predicted molar refractivity (Wildman–Crippen MR) is 85.2 cm³/mol. The first-order valence-corrected chi connectivity index (χ1v) is 9.29. The van der Waals surface area contributed by atoms with E-state index >= 15 is 0 Å². The quantitative estimate of drug-likeness (QED) is 0.898. The summed E-state index contributed by atoms with van der Waals surface area (Å²) in [4.78, 5) is 10.9. The van der Waals surface area contributed by atoms with Gasteiger partial charge < -0.3 is 5.11 Å². The highest BCUT2D eigenvalue weighted by molar-refractivity contribution is 7.94. The highest BCUT2D eigenvalue weighted by Crippen LogP contribution is 2.30. The van der Waals surface area contributed by atoms with E-state index in [9.17, 15) is 13.2 Å². The number of thiophene rings is 1. The zero-order valence-electron chi connectivity index (χ0n) is 11.7. The van der Waals surface area contributed by atoms with Crippen LogP contribution in [0.3, 0.4) is 0 Å². The zero-order chi connectivity index (χ0) is 15.7. The van der Waals surface area contributed by atoms with Crippen molar-refractivity contribution in [3.05, 3.63) is 46.3 Å². The molecule has 0 saturated heterocycles. The highest BCUT2D eigenvalue weighted by atomic mass is 32.2. The molecule has 2 aromatic rings. The first-order valence-electron chi connectivity index (χ1n) is 6.93. The summed E-state index contributed by atoms with van der Waals surface area (Å²) in [6.07, 6.45) is 4.00. The zero-order valence-corrected chi connectivity index (χ0v) is 13.3. The highest BCUT2D eigenvalue weighted by Gasteiger charge is 2.21. The van der Waals surface area contributed by atoms with Crippen molar-refractivity contribution < 1.29 is 18.3 Å². The summed E-state index contributed by atoms with van der Waals surface area (Å²) in [6, 6.07) is 6.82. The summed E-state index contributed by atoms with van der Waals surface area (Å²) in [6.45, 7) is 0. The minimum absolute atomic E-state index is 0.0123. The number of hydrogen-bond donors (Lipinski definition) is 2. The van der Waals surface area contributed by atoms with Crippen LogP contribution in [0.5, 0.6) is 0 Å². The Kier molecular flexibility index (Phi) is 3.92. The summed E-state index contributed by atoms with van der Waals surface area (Å²) < 4.78 is 27.5. The van der Waals surface area contributed by atoms with E-state index in [1.807, 2.05) is 12.1 Å². The number of hydrogen-bond acceptors (Lipinski definition) is 4. The minimum Gasteiger partial charge on any atom is -0.478 e. The SMILES string of the molecule is O=C(O)c1csc(S(=O)(=O)Nc2cccc3c2CCCC3)c1. The normalized spacial score (nSPS) is 14.4. The van der Waals surface area contributed by atoms with E-state index in [2.05, 4.69) is 4.72 Å².